The number of carbonyl (C=O) groups is 1. The summed E-state index contributed by atoms with van der Waals surface area (Å²) in [5.74, 6) is 0.986. The Morgan fingerprint density at radius 3 is 2.54 bits per heavy atom. The molecule has 124 valence electrons. The van der Waals surface area contributed by atoms with Crippen LogP contribution in [0.3, 0.4) is 0 Å². The number of nitrogens with zero attached hydrogens (tertiary/aromatic N) is 1. The lowest BCUT2D eigenvalue weighted by atomic mass is 10.2. The standard InChI is InChI=1S/C18H19N3O3/c1-12(18(22)21-15-7-5-4-6-13(15)11-19)20-16-9-8-14(23-2)10-17(16)24-3/h4-10,12,20H,1-3H3,(H,21,22)/t12-/m1/s1. The third kappa shape index (κ3) is 3.96. The minimum Gasteiger partial charge on any atom is -0.497 e. The normalized spacial score (nSPS) is 11.1. The second-order valence-corrected chi connectivity index (χ2v) is 5.08. The number of benzene rings is 2. The Bertz CT molecular complexity index is 768. The van der Waals surface area contributed by atoms with Crippen molar-refractivity contribution < 1.29 is 14.3 Å². The van der Waals surface area contributed by atoms with Crippen molar-refractivity contribution in [1.29, 1.82) is 5.26 Å². The molecule has 0 saturated heterocycles. The highest BCUT2D eigenvalue weighted by Crippen LogP contribution is 2.29. The van der Waals surface area contributed by atoms with Gasteiger partial charge in [0.2, 0.25) is 5.91 Å². The van der Waals surface area contributed by atoms with E-state index in [4.69, 9.17) is 14.7 Å². The van der Waals surface area contributed by atoms with Crippen LogP contribution in [0.5, 0.6) is 11.5 Å². The lowest BCUT2D eigenvalue weighted by Crippen LogP contribution is -2.32. The lowest BCUT2D eigenvalue weighted by molar-refractivity contribution is -0.116. The number of hydrogen-bond acceptors (Lipinski definition) is 5. The van der Waals surface area contributed by atoms with Crippen LogP contribution in [0.4, 0.5) is 11.4 Å². The van der Waals surface area contributed by atoms with E-state index in [9.17, 15) is 4.79 Å². The van der Waals surface area contributed by atoms with E-state index in [-0.39, 0.29) is 5.91 Å². The zero-order chi connectivity index (χ0) is 17.5. The summed E-state index contributed by atoms with van der Waals surface area (Å²) in [6, 6.07) is 13.7. The summed E-state index contributed by atoms with van der Waals surface area (Å²) in [5.41, 5.74) is 1.58. The molecule has 2 aromatic rings. The summed E-state index contributed by atoms with van der Waals surface area (Å²) in [6.07, 6.45) is 0. The Morgan fingerprint density at radius 1 is 1.12 bits per heavy atom. The van der Waals surface area contributed by atoms with Crippen LogP contribution in [0.25, 0.3) is 0 Å². The van der Waals surface area contributed by atoms with Gasteiger partial charge < -0.3 is 20.1 Å². The maximum atomic E-state index is 12.4. The highest BCUT2D eigenvalue weighted by Gasteiger charge is 2.16. The molecule has 0 aromatic heterocycles. The molecule has 2 aromatic carbocycles. The number of rotatable bonds is 6. The zero-order valence-corrected chi connectivity index (χ0v) is 13.8. The molecule has 24 heavy (non-hydrogen) atoms. The maximum Gasteiger partial charge on any atom is 0.246 e. The van der Waals surface area contributed by atoms with Crippen molar-refractivity contribution in [2.24, 2.45) is 0 Å². The van der Waals surface area contributed by atoms with Crippen molar-refractivity contribution >= 4 is 17.3 Å². The molecule has 0 fully saturated rings. The van der Waals surface area contributed by atoms with Crippen molar-refractivity contribution in [2.45, 2.75) is 13.0 Å². The lowest BCUT2D eigenvalue weighted by Gasteiger charge is -2.18. The molecule has 0 radical (unpaired) electrons. The number of hydrogen-bond donors (Lipinski definition) is 2. The van der Waals surface area contributed by atoms with Crippen LogP contribution in [0.1, 0.15) is 12.5 Å². The highest BCUT2D eigenvalue weighted by atomic mass is 16.5. The smallest absolute Gasteiger partial charge is 0.246 e. The molecule has 0 spiro atoms. The van der Waals surface area contributed by atoms with Gasteiger partial charge in [0.05, 0.1) is 31.2 Å². The summed E-state index contributed by atoms with van der Waals surface area (Å²) >= 11 is 0. The van der Waals surface area contributed by atoms with Crippen LogP contribution in [0, 0.1) is 11.3 Å². The van der Waals surface area contributed by atoms with Gasteiger partial charge in [-0.2, -0.15) is 5.26 Å². The average molecular weight is 325 g/mol. The van der Waals surface area contributed by atoms with E-state index in [1.165, 1.54) is 0 Å². The van der Waals surface area contributed by atoms with E-state index in [2.05, 4.69) is 16.7 Å². The summed E-state index contributed by atoms with van der Waals surface area (Å²) < 4.78 is 10.5. The summed E-state index contributed by atoms with van der Waals surface area (Å²) in [5, 5.41) is 14.9. The molecule has 1 atom stereocenters. The van der Waals surface area contributed by atoms with Crippen LogP contribution in [0.2, 0.25) is 0 Å². The molecule has 0 bridgehead atoms. The van der Waals surface area contributed by atoms with Gasteiger partial charge in [0, 0.05) is 6.07 Å². The molecule has 6 heteroatoms. The van der Waals surface area contributed by atoms with Gasteiger partial charge in [-0.15, -0.1) is 0 Å². The molecule has 0 saturated carbocycles. The van der Waals surface area contributed by atoms with E-state index in [0.717, 1.165) is 0 Å². The van der Waals surface area contributed by atoms with Crippen molar-refractivity contribution in [2.75, 3.05) is 24.9 Å². The first-order valence-electron chi connectivity index (χ1n) is 7.37. The summed E-state index contributed by atoms with van der Waals surface area (Å²) in [4.78, 5) is 12.4. The summed E-state index contributed by atoms with van der Waals surface area (Å²) in [6.45, 7) is 1.73. The van der Waals surface area contributed by atoms with Gasteiger partial charge >= 0.3 is 0 Å². The molecule has 0 aliphatic carbocycles. The van der Waals surface area contributed by atoms with Gasteiger partial charge in [0.15, 0.2) is 0 Å². The van der Waals surface area contributed by atoms with E-state index in [1.54, 1.807) is 63.6 Å². The Morgan fingerprint density at radius 2 is 1.88 bits per heavy atom. The van der Waals surface area contributed by atoms with Gasteiger partial charge in [-0.05, 0) is 31.2 Å². The van der Waals surface area contributed by atoms with E-state index in [1.807, 2.05) is 0 Å². The second kappa shape index (κ2) is 7.88. The fourth-order valence-corrected chi connectivity index (χ4v) is 2.15. The Kier molecular flexibility index (Phi) is 5.63. The maximum absolute atomic E-state index is 12.4. The minimum atomic E-state index is -0.529. The number of nitriles is 1. The number of amides is 1. The third-order valence-corrected chi connectivity index (χ3v) is 3.48. The first-order chi connectivity index (χ1) is 11.6. The Balaban J connectivity index is 2.11. The minimum absolute atomic E-state index is 0.254. The quantitative estimate of drug-likeness (QED) is 0.853. The number of nitrogens with one attached hydrogen (secondary N) is 2. The number of carbonyl (C=O) groups excluding carboxylic acids is 1. The van der Waals surface area contributed by atoms with Crippen LogP contribution in [0.15, 0.2) is 42.5 Å². The molecule has 0 unspecified atom stereocenters. The Labute approximate surface area is 141 Å². The van der Waals surface area contributed by atoms with Crippen LogP contribution < -0.4 is 20.1 Å². The van der Waals surface area contributed by atoms with Crippen LogP contribution >= 0.6 is 0 Å². The fourth-order valence-electron chi connectivity index (χ4n) is 2.15. The first-order valence-corrected chi connectivity index (χ1v) is 7.37. The molecular formula is C18H19N3O3. The largest absolute Gasteiger partial charge is 0.497 e. The molecule has 1 amide bonds. The molecule has 2 rings (SSSR count). The van der Waals surface area contributed by atoms with E-state index in [0.29, 0.717) is 28.4 Å². The molecule has 0 heterocycles. The zero-order valence-electron chi connectivity index (χ0n) is 13.8. The van der Waals surface area contributed by atoms with Crippen molar-refractivity contribution in [3.05, 3.63) is 48.0 Å². The van der Waals surface area contributed by atoms with E-state index >= 15 is 0 Å². The highest BCUT2D eigenvalue weighted by molar-refractivity contribution is 5.97. The second-order valence-electron chi connectivity index (χ2n) is 5.08. The molecule has 0 aliphatic heterocycles. The predicted molar refractivity (Wildman–Crippen MR) is 92.4 cm³/mol. The topological polar surface area (TPSA) is 83.4 Å². The van der Waals surface area contributed by atoms with Gasteiger partial charge in [0.25, 0.3) is 0 Å². The number of methoxy groups -OCH3 is 2. The molecule has 2 N–H and O–H groups in total. The monoisotopic (exact) mass is 325 g/mol. The van der Waals surface area contributed by atoms with Crippen molar-refractivity contribution in [3.63, 3.8) is 0 Å². The van der Waals surface area contributed by atoms with Crippen molar-refractivity contribution in [3.8, 4) is 17.6 Å². The Hall–Kier alpha value is -3.20. The molecule has 6 nitrogen and oxygen atoms in total. The fraction of sp³-hybridized carbons (Fsp3) is 0.222. The van der Waals surface area contributed by atoms with Crippen molar-refractivity contribution in [1.82, 2.24) is 0 Å². The average Bonchev–Trinajstić information content (AvgIpc) is 2.62. The number of anilines is 2. The van der Waals surface area contributed by atoms with E-state index < -0.39 is 6.04 Å². The first kappa shape index (κ1) is 17.2. The van der Waals surface area contributed by atoms with Gasteiger partial charge in [-0.1, -0.05) is 12.1 Å². The molecular weight excluding hydrogens is 306 g/mol. The van der Waals surface area contributed by atoms with Crippen LogP contribution in [-0.4, -0.2) is 26.2 Å². The van der Waals surface area contributed by atoms with Gasteiger partial charge in [-0.3, -0.25) is 4.79 Å². The third-order valence-electron chi connectivity index (χ3n) is 3.48. The number of para-hydroxylation sites is 1. The summed E-state index contributed by atoms with van der Waals surface area (Å²) in [7, 11) is 3.12. The van der Waals surface area contributed by atoms with Crippen LogP contribution in [-0.2, 0) is 4.79 Å². The van der Waals surface area contributed by atoms with Gasteiger partial charge in [-0.25, -0.2) is 0 Å². The number of ether oxygens (including phenoxy) is 2. The SMILES string of the molecule is COc1ccc(N[C@H](C)C(=O)Nc2ccccc2C#N)c(OC)c1. The molecule has 0 aliphatic rings. The predicted octanol–water partition coefficient (Wildman–Crippen LogP) is 3.01. The van der Waals surface area contributed by atoms with Gasteiger partial charge in [0.1, 0.15) is 23.6 Å².